The summed E-state index contributed by atoms with van der Waals surface area (Å²) in [4.78, 5) is 24.1. The van der Waals surface area contributed by atoms with Crippen LogP contribution in [0.25, 0.3) is 0 Å². The van der Waals surface area contributed by atoms with Gasteiger partial charge in [-0.25, -0.2) is 4.39 Å². The molecule has 2 saturated carbocycles. The molecule has 7 atom stereocenters. The molecule has 0 amide bonds. The van der Waals surface area contributed by atoms with E-state index in [4.69, 9.17) is 4.74 Å². The van der Waals surface area contributed by atoms with Gasteiger partial charge in [0.25, 0.3) is 0 Å². The molecule has 3 fully saturated rings. The summed E-state index contributed by atoms with van der Waals surface area (Å²) in [6.45, 7) is 5.93. The van der Waals surface area contributed by atoms with E-state index in [-0.39, 0.29) is 45.9 Å². The Bertz CT molecular complexity index is 767. The first-order valence-corrected chi connectivity index (χ1v) is 9.52. The second kappa shape index (κ2) is 4.51. The highest BCUT2D eigenvalue weighted by Gasteiger charge is 2.79. The Kier molecular flexibility index (Phi) is 2.87. The van der Waals surface area contributed by atoms with Crippen molar-refractivity contribution in [2.75, 3.05) is 0 Å². The van der Waals surface area contributed by atoms with E-state index in [1.54, 1.807) is 13.0 Å². The maximum atomic E-state index is 15.2. The van der Waals surface area contributed by atoms with Gasteiger partial charge < -0.3 is 4.74 Å². The van der Waals surface area contributed by atoms with Crippen LogP contribution in [0.1, 0.15) is 52.9 Å². The Hall–Kier alpha value is -1.29. The van der Waals surface area contributed by atoms with Crippen LogP contribution in [0.3, 0.4) is 0 Å². The number of Topliss-reactive ketones (excluding diaryl/α,β-unsaturated/α-hetero) is 1. The number of alkyl halides is 1. The third-order valence-electron chi connectivity index (χ3n) is 8.28. The monoisotopic (exact) mass is 344 g/mol. The summed E-state index contributed by atoms with van der Waals surface area (Å²) < 4.78 is 21.6. The molecule has 5 rings (SSSR count). The normalized spacial score (nSPS) is 53.0. The molecule has 5 aliphatic rings. The van der Waals surface area contributed by atoms with E-state index in [1.165, 1.54) is 0 Å². The van der Waals surface area contributed by atoms with Crippen molar-refractivity contribution in [2.45, 2.75) is 70.8 Å². The zero-order valence-corrected chi connectivity index (χ0v) is 15.1. The maximum absolute atomic E-state index is 15.2. The van der Waals surface area contributed by atoms with Gasteiger partial charge in [0.1, 0.15) is 11.8 Å². The minimum Gasteiger partial charge on any atom is -0.365 e. The number of rotatable bonds is 1. The van der Waals surface area contributed by atoms with Crippen LogP contribution in [0.5, 0.6) is 0 Å². The molecule has 0 N–H and O–H groups in total. The number of ether oxygens (including phenoxy) is 1. The topological polar surface area (TPSA) is 46.7 Å². The molecule has 4 aliphatic carbocycles. The molecule has 2 unspecified atom stereocenters. The van der Waals surface area contributed by atoms with E-state index in [9.17, 15) is 9.59 Å². The first-order chi connectivity index (χ1) is 11.7. The average molecular weight is 344 g/mol. The number of ketones is 2. The van der Waals surface area contributed by atoms with Crippen LogP contribution in [-0.4, -0.2) is 29.4 Å². The van der Waals surface area contributed by atoms with E-state index in [0.717, 1.165) is 18.4 Å². The molecule has 3 nitrogen and oxygen atoms in total. The summed E-state index contributed by atoms with van der Waals surface area (Å²) in [6, 6.07) is 0. The van der Waals surface area contributed by atoms with Crippen molar-refractivity contribution in [1.82, 2.24) is 0 Å². The molecule has 134 valence electrons. The molecule has 4 heteroatoms. The lowest BCUT2D eigenvalue weighted by Crippen LogP contribution is -2.59. The van der Waals surface area contributed by atoms with E-state index in [1.807, 2.05) is 0 Å². The Labute approximate surface area is 147 Å². The van der Waals surface area contributed by atoms with E-state index in [0.29, 0.717) is 24.8 Å². The minimum absolute atomic E-state index is 0.0456. The summed E-state index contributed by atoms with van der Waals surface area (Å²) in [5, 5.41) is 0. The SMILES string of the molecule is CC(=O)C1=CCC2C3C[C@H](F)C4=CC(=O)CC[C@]4(C)[C@@]34O[C@@H]4C[C@]12C. The van der Waals surface area contributed by atoms with Crippen LogP contribution in [0.4, 0.5) is 4.39 Å². The predicted octanol–water partition coefficient (Wildman–Crippen LogP) is 3.72. The maximum Gasteiger partial charge on any atom is 0.156 e. The standard InChI is InChI=1S/C21H25FO3/c1-11(23)13-4-5-14-15-9-17(22)16-8-12(24)6-7-20(16,3)21(15)18(25-21)10-19(13,14)2/h4,8,14-15,17-18H,5-7,9-10H2,1-3H3/t14?,15?,17-,18+,19+,20-,21+/m0/s1. The van der Waals surface area contributed by atoms with Gasteiger partial charge in [0.15, 0.2) is 11.6 Å². The number of halogens is 1. The van der Waals surface area contributed by atoms with Gasteiger partial charge in [0.05, 0.1) is 6.10 Å². The Balaban J connectivity index is 1.60. The minimum atomic E-state index is -1.07. The van der Waals surface area contributed by atoms with Crippen LogP contribution in [0, 0.1) is 22.7 Å². The number of hydrogen-bond acceptors (Lipinski definition) is 3. The van der Waals surface area contributed by atoms with Crippen molar-refractivity contribution in [3.8, 4) is 0 Å². The second-order valence-corrected chi connectivity index (χ2v) is 9.25. The molecule has 1 spiro atoms. The summed E-state index contributed by atoms with van der Waals surface area (Å²) in [5.74, 6) is 0.569. The summed E-state index contributed by atoms with van der Waals surface area (Å²) in [6.07, 6.45) is 5.94. The van der Waals surface area contributed by atoms with Gasteiger partial charge in [-0.05, 0) is 61.7 Å². The Morgan fingerprint density at radius 3 is 2.80 bits per heavy atom. The van der Waals surface area contributed by atoms with Gasteiger partial charge in [0.2, 0.25) is 0 Å². The van der Waals surface area contributed by atoms with Crippen molar-refractivity contribution in [3.63, 3.8) is 0 Å². The highest BCUT2D eigenvalue weighted by Crippen LogP contribution is 2.75. The predicted molar refractivity (Wildman–Crippen MR) is 90.6 cm³/mol. The van der Waals surface area contributed by atoms with Crippen molar-refractivity contribution in [3.05, 3.63) is 23.3 Å². The summed E-state index contributed by atoms with van der Waals surface area (Å²) >= 11 is 0. The molecule has 1 heterocycles. The first kappa shape index (κ1) is 15.9. The first-order valence-electron chi connectivity index (χ1n) is 9.52. The highest BCUT2D eigenvalue weighted by atomic mass is 19.1. The summed E-state index contributed by atoms with van der Waals surface area (Å²) in [7, 11) is 0. The quantitative estimate of drug-likeness (QED) is 0.681. The number of carbonyl (C=O) groups excluding carboxylic acids is 2. The molecule has 0 aromatic heterocycles. The van der Waals surface area contributed by atoms with Gasteiger partial charge in [-0.2, -0.15) is 0 Å². The molecule has 0 bridgehead atoms. The lowest BCUT2D eigenvalue weighted by molar-refractivity contribution is -0.119. The highest BCUT2D eigenvalue weighted by molar-refractivity contribution is 5.95. The molecular weight excluding hydrogens is 319 g/mol. The fourth-order valence-electron chi connectivity index (χ4n) is 7.12. The van der Waals surface area contributed by atoms with Crippen LogP contribution in [0.15, 0.2) is 23.3 Å². The van der Waals surface area contributed by atoms with Crippen molar-refractivity contribution in [1.29, 1.82) is 0 Å². The second-order valence-electron chi connectivity index (χ2n) is 9.25. The van der Waals surface area contributed by atoms with Crippen molar-refractivity contribution < 1.29 is 18.7 Å². The number of allylic oxidation sites excluding steroid dienone is 3. The van der Waals surface area contributed by atoms with Crippen LogP contribution in [0.2, 0.25) is 0 Å². The fourth-order valence-corrected chi connectivity index (χ4v) is 7.12. The number of fused-ring (bicyclic) bond motifs is 3. The molecule has 0 aromatic rings. The van der Waals surface area contributed by atoms with Crippen LogP contribution in [-0.2, 0) is 14.3 Å². The van der Waals surface area contributed by atoms with Crippen LogP contribution < -0.4 is 0 Å². The van der Waals surface area contributed by atoms with Gasteiger partial charge in [-0.1, -0.05) is 19.9 Å². The number of carbonyl (C=O) groups is 2. The lowest BCUT2D eigenvalue weighted by atomic mass is 9.46. The third-order valence-corrected chi connectivity index (χ3v) is 8.28. The van der Waals surface area contributed by atoms with Crippen molar-refractivity contribution >= 4 is 11.6 Å². The van der Waals surface area contributed by atoms with Gasteiger partial charge >= 0.3 is 0 Å². The van der Waals surface area contributed by atoms with E-state index >= 15 is 4.39 Å². The van der Waals surface area contributed by atoms with Gasteiger partial charge in [0, 0.05) is 17.3 Å². The molecule has 1 aliphatic heterocycles. The van der Waals surface area contributed by atoms with E-state index in [2.05, 4.69) is 19.9 Å². The largest absolute Gasteiger partial charge is 0.365 e. The van der Waals surface area contributed by atoms with Gasteiger partial charge in [-0.3, -0.25) is 9.59 Å². The van der Waals surface area contributed by atoms with E-state index < -0.39 is 6.17 Å². The summed E-state index contributed by atoms with van der Waals surface area (Å²) in [5.41, 5.74) is 0.690. The molecule has 25 heavy (non-hydrogen) atoms. The molecular formula is C21H25FO3. The fraction of sp³-hybridized carbons (Fsp3) is 0.714. The average Bonchev–Trinajstić information content (AvgIpc) is 3.15. The molecule has 0 radical (unpaired) electrons. The zero-order valence-electron chi connectivity index (χ0n) is 15.1. The number of epoxide rings is 1. The lowest BCUT2D eigenvalue weighted by Gasteiger charge is -2.56. The van der Waals surface area contributed by atoms with Crippen LogP contribution >= 0.6 is 0 Å². The van der Waals surface area contributed by atoms with Gasteiger partial charge in [-0.15, -0.1) is 0 Å². The zero-order chi connectivity index (χ0) is 17.8. The van der Waals surface area contributed by atoms with Crippen molar-refractivity contribution in [2.24, 2.45) is 22.7 Å². The Morgan fingerprint density at radius 1 is 1.32 bits per heavy atom. The third kappa shape index (κ3) is 1.66. The molecule has 1 saturated heterocycles. The smallest absolute Gasteiger partial charge is 0.156 e. The number of hydrogen-bond donors (Lipinski definition) is 0. The Morgan fingerprint density at radius 2 is 2.08 bits per heavy atom. The molecule has 0 aromatic carbocycles.